The molecule has 0 bridgehead atoms. The van der Waals surface area contributed by atoms with Crippen LogP contribution in [0.25, 0.3) is 99.5 Å². The molecule has 1 aliphatic rings. The largest absolute Gasteiger partial charge is 0.456 e. The molecule has 0 saturated carbocycles. The number of fused-ring (bicyclic) bond motifs is 10. The maximum absolute atomic E-state index is 15.2. The number of furan rings is 2. The Morgan fingerprint density at radius 1 is 0.444 bits per heavy atom. The highest BCUT2D eigenvalue weighted by Crippen LogP contribution is 2.54. The maximum atomic E-state index is 15.2. The summed E-state index contributed by atoms with van der Waals surface area (Å²) in [5.41, 5.74) is 15.3. The highest BCUT2D eigenvalue weighted by molar-refractivity contribution is 6.12. The Bertz CT molecular complexity index is 4460. The van der Waals surface area contributed by atoms with Gasteiger partial charge in [-0.15, -0.1) is 0 Å². The molecule has 0 saturated heterocycles. The molecule has 0 fully saturated rings. The Hall–Kier alpha value is -9.46. The zero-order valence-electron chi connectivity index (χ0n) is 39.3. The van der Waals surface area contributed by atoms with Gasteiger partial charge in [0, 0.05) is 44.1 Å². The van der Waals surface area contributed by atoms with Crippen molar-refractivity contribution in [2.45, 2.75) is 19.3 Å². The van der Waals surface area contributed by atoms with Crippen LogP contribution in [0, 0.1) is 0 Å². The summed E-state index contributed by atoms with van der Waals surface area (Å²) in [6.07, 6.45) is 0. The molecular formula is C65H43N3O4. The van der Waals surface area contributed by atoms with Crippen LogP contribution >= 0.6 is 0 Å². The van der Waals surface area contributed by atoms with Gasteiger partial charge in [0.1, 0.15) is 22.3 Å². The normalized spacial score (nSPS) is 12.8. The number of nitrogens with zero attached hydrogens (tertiary/aromatic N) is 3. The molecule has 0 N–H and O–H groups in total. The average molecular weight is 930 g/mol. The maximum Gasteiger partial charge on any atom is 0.340 e. The highest BCUT2D eigenvalue weighted by atomic mass is 16.3. The number of para-hydroxylation sites is 3. The number of hydrogen-bond acceptors (Lipinski definition) is 5. The summed E-state index contributed by atoms with van der Waals surface area (Å²) in [5, 5.41) is 4.02. The van der Waals surface area contributed by atoms with E-state index < -0.39 is 11.2 Å². The van der Waals surface area contributed by atoms with E-state index in [-0.39, 0.29) is 5.41 Å². The van der Waals surface area contributed by atoms with Crippen molar-refractivity contribution in [2.75, 3.05) is 4.90 Å². The molecule has 3 aromatic heterocycles. The first-order valence-electron chi connectivity index (χ1n) is 24.2. The summed E-state index contributed by atoms with van der Waals surface area (Å²) in [4.78, 5) is 32.3. The van der Waals surface area contributed by atoms with Gasteiger partial charge in [-0.1, -0.05) is 159 Å². The van der Waals surface area contributed by atoms with E-state index in [4.69, 9.17) is 8.83 Å². The second kappa shape index (κ2) is 15.8. The number of aromatic nitrogens is 2. The van der Waals surface area contributed by atoms with Crippen LogP contribution in [0.15, 0.2) is 243 Å². The third-order valence-corrected chi connectivity index (χ3v) is 14.8. The van der Waals surface area contributed by atoms with Gasteiger partial charge >= 0.3 is 5.69 Å². The predicted molar refractivity (Wildman–Crippen MR) is 293 cm³/mol. The van der Waals surface area contributed by atoms with Gasteiger partial charge in [-0.3, -0.25) is 9.36 Å². The standard InChI is InChI=1S/C65H43N3O4/c1-65(2)52-22-9-6-18-49(52)60-53(65)23-13-25-55(60)66(43-35-31-42(32-36-43)46-20-12-21-48-47-17-8-11-27-57(47)72-62(46)48)45-37-38-58-51(39-45)61-56(26-14-28-59(61)71-58)68-63(69)50-19-7-10-24-54(50)67(64(68)70)44-33-29-41(30-34-44)40-15-4-3-5-16-40/h3-39H,1-2H3. The van der Waals surface area contributed by atoms with E-state index in [9.17, 15) is 4.79 Å². The molecule has 0 atom stereocenters. The molecule has 3 heterocycles. The molecule has 14 rings (SSSR count). The topological polar surface area (TPSA) is 73.5 Å². The van der Waals surface area contributed by atoms with Crippen molar-refractivity contribution >= 4 is 71.8 Å². The molecule has 7 heteroatoms. The third-order valence-electron chi connectivity index (χ3n) is 14.8. The first-order valence-corrected chi connectivity index (χ1v) is 24.2. The Morgan fingerprint density at radius 3 is 1.92 bits per heavy atom. The van der Waals surface area contributed by atoms with Crippen molar-refractivity contribution < 1.29 is 8.83 Å². The summed E-state index contributed by atoms with van der Waals surface area (Å²) in [6.45, 7) is 4.60. The molecule has 1 aliphatic carbocycles. The smallest absolute Gasteiger partial charge is 0.340 e. The van der Waals surface area contributed by atoms with Crippen molar-refractivity contribution in [3.8, 4) is 44.8 Å². The minimum Gasteiger partial charge on any atom is -0.456 e. The van der Waals surface area contributed by atoms with Crippen LogP contribution in [0.2, 0.25) is 0 Å². The second-order valence-corrected chi connectivity index (χ2v) is 19.2. The van der Waals surface area contributed by atoms with Crippen LogP contribution in [0.1, 0.15) is 25.0 Å². The number of hydrogen-bond donors (Lipinski definition) is 0. The fourth-order valence-electron chi connectivity index (χ4n) is 11.4. The van der Waals surface area contributed by atoms with E-state index in [0.717, 1.165) is 66.6 Å². The fourth-order valence-corrected chi connectivity index (χ4v) is 11.4. The lowest BCUT2D eigenvalue weighted by molar-refractivity contribution is 0.660. The molecule has 342 valence electrons. The van der Waals surface area contributed by atoms with Gasteiger partial charge < -0.3 is 13.7 Å². The van der Waals surface area contributed by atoms with Crippen LogP contribution in [-0.4, -0.2) is 9.13 Å². The lowest BCUT2D eigenvalue weighted by Crippen LogP contribution is -2.38. The average Bonchev–Trinajstić information content (AvgIpc) is 4.07. The van der Waals surface area contributed by atoms with E-state index in [1.807, 2.05) is 103 Å². The molecule has 13 aromatic rings. The first-order chi connectivity index (χ1) is 35.3. The molecule has 0 amide bonds. The fraction of sp³-hybridized carbons (Fsp3) is 0.0462. The van der Waals surface area contributed by atoms with Crippen LogP contribution in [0.3, 0.4) is 0 Å². The van der Waals surface area contributed by atoms with Gasteiger partial charge in [-0.2, -0.15) is 0 Å². The van der Waals surface area contributed by atoms with Crippen LogP contribution in [-0.2, 0) is 5.41 Å². The first kappa shape index (κ1) is 41.5. The molecule has 0 aliphatic heterocycles. The number of benzene rings is 10. The van der Waals surface area contributed by atoms with Gasteiger partial charge in [0.25, 0.3) is 5.56 Å². The quantitative estimate of drug-likeness (QED) is 0.159. The Morgan fingerprint density at radius 2 is 1.07 bits per heavy atom. The summed E-state index contributed by atoms with van der Waals surface area (Å²) in [7, 11) is 0. The second-order valence-electron chi connectivity index (χ2n) is 19.2. The SMILES string of the molecule is CC1(C)c2ccccc2-c2c(N(c3ccc(-c4cccc5c4oc4ccccc45)cc3)c3ccc4oc5cccc(-n6c(=O)c7ccccc7n(-c7ccc(-c8ccccc8)cc7)c6=O)c5c4c3)cccc21. The minimum atomic E-state index is -0.481. The van der Waals surface area contributed by atoms with Gasteiger partial charge in [-0.05, 0) is 112 Å². The third kappa shape index (κ3) is 6.17. The van der Waals surface area contributed by atoms with Crippen LogP contribution in [0.4, 0.5) is 17.1 Å². The monoisotopic (exact) mass is 929 g/mol. The zero-order chi connectivity index (χ0) is 48.2. The van der Waals surface area contributed by atoms with E-state index in [2.05, 4.69) is 134 Å². The molecule has 0 radical (unpaired) electrons. The Kier molecular flexibility index (Phi) is 9.10. The molecule has 7 nitrogen and oxygen atoms in total. The Labute approximate surface area is 413 Å². The van der Waals surface area contributed by atoms with Crippen molar-refractivity contribution in [1.82, 2.24) is 9.13 Å². The van der Waals surface area contributed by atoms with E-state index in [1.54, 1.807) is 10.6 Å². The summed E-state index contributed by atoms with van der Waals surface area (Å²) in [5.74, 6) is 0. The molecular weight excluding hydrogens is 887 g/mol. The van der Waals surface area contributed by atoms with E-state index in [0.29, 0.717) is 38.8 Å². The van der Waals surface area contributed by atoms with Crippen molar-refractivity contribution in [1.29, 1.82) is 0 Å². The molecule has 0 unspecified atom stereocenters. The number of anilines is 3. The molecule has 0 spiro atoms. The lowest BCUT2D eigenvalue weighted by atomic mass is 9.82. The summed E-state index contributed by atoms with van der Waals surface area (Å²) >= 11 is 0. The van der Waals surface area contributed by atoms with Crippen molar-refractivity contribution in [3.63, 3.8) is 0 Å². The summed E-state index contributed by atoms with van der Waals surface area (Å²) < 4.78 is 16.0. The minimum absolute atomic E-state index is 0.230. The molecule has 72 heavy (non-hydrogen) atoms. The van der Waals surface area contributed by atoms with Gasteiger partial charge in [0.2, 0.25) is 0 Å². The lowest BCUT2D eigenvalue weighted by Gasteiger charge is -2.29. The van der Waals surface area contributed by atoms with Crippen LogP contribution < -0.4 is 16.1 Å². The highest BCUT2D eigenvalue weighted by Gasteiger charge is 2.38. The van der Waals surface area contributed by atoms with Gasteiger partial charge in [-0.25, -0.2) is 9.36 Å². The number of rotatable bonds is 7. The van der Waals surface area contributed by atoms with Crippen molar-refractivity contribution in [2.24, 2.45) is 0 Å². The molecule has 10 aromatic carbocycles. The van der Waals surface area contributed by atoms with E-state index >= 15 is 4.79 Å². The van der Waals surface area contributed by atoms with E-state index in [1.165, 1.54) is 26.8 Å². The van der Waals surface area contributed by atoms with Gasteiger partial charge in [0.05, 0.1) is 33.4 Å². The Balaban J connectivity index is 0.971. The predicted octanol–water partition coefficient (Wildman–Crippen LogP) is 16.1. The van der Waals surface area contributed by atoms with Crippen molar-refractivity contribution in [3.05, 3.63) is 256 Å². The summed E-state index contributed by atoms with van der Waals surface area (Å²) in [6, 6.07) is 75.6. The zero-order valence-corrected chi connectivity index (χ0v) is 39.3. The van der Waals surface area contributed by atoms with Crippen LogP contribution in [0.5, 0.6) is 0 Å². The van der Waals surface area contributed by atoms with Gasteiger partial charge in [0.15, 0.2) is 0 Å².